The van der Waals surface area contributed by atoms with E-state index < -0.39 is 5.82 Å². The van der Waals surface area contributed by atoms with E-state index in [1.54, 1.807) is 6.07 Å². The summed E-state index contributed by atoms with van der Waals surface area (Å²) in [5, 5.41) is 12.0. The van der Waals surface area contributed by atoms with Crippen molar-refractivity contribution in [1.29, 1.82) is 5.26 Å². The predicted octanol–water partition coefficient (Wildman–Crippen LogP) is 2.76. The molecule has 0 aromatic heterocycles. The Labute approximate surface area is 95.1 Å². The Hall–Kier alpha value is -1.40. The maximum absolute atomic E-state index is 13.4. The van der Waals surface area contributed by atoms with Crippen LogP contribution in [-0.2, 0) is 0 Å². The van der Waals surface area contributed by atoms with E-state index in [2.05, 4.69) is 5.32 Å². The molecule has 84 valence electrons. The average molecular weight is 218 g/mol. The molecule has 0 saturated heterocycles. The molecule has 0 radical (unpaired) electrons. The van der Waals surface area contributed by atoms with Gasteiger partial charge in [0.15, 0.2) is 0 Å². The van der Waals surface area contributed by atoms with Gasteiger partial charge in [0, 0.05) is 6.04 Å². The SMILES string of the molecule is CC(NCC1CC1)c1ccc(C#N)c(F)c1. The summed E-state index contributed by atoms with van der Waals surface area (Å²) in [6.07, 6.45) is 2.61. The third kappa shape index (κ3) is 2.59. The van der Waals surface area contributed by atoms with Gasteiger partial charge in [0.2, 0.25) is 0 Å². The van der Waals surface area contributed by atoms with Crippen molar-refractivity contribution < 1.29 is 4.39 Å². The highest BCUT2D eigenvalue weighted by molar-refractivity contribution is 5.34. The van der Waals surface area contributed by atoms with Crippen LogP contribution in [-0.4, -0.2) is 6.54 Å². The lowest BCUT2D eigenvalue weighted by molar-refractivity contribution is 0.543. The molecule has 0 aliphatic heterocycles. The number of nitriles is 1. The number of nitrogens with one attached hydrogen (secondary N) is 1. The summed E-state index contributed by atoms with van der Waals surface area (Å²) in [4.78, 5) is 0. The van der Waals surface area contributed by atoms with Gasteiger partial charge in [-0.2, -0.15) is 5.26 Å². The van der Waals surface area contributed by atoms with Crippen molar-refractivity contribution in [2.75, 3.05) is 6.54 Å². The molecule has 0 spiro atoms. The van der Waals surface area contributed by atoms with Gasteiger partial charge in [-0.15, -0.1) is 0 Å². The Bertz CT molecular complexity index is 418. The first-order valence-electron chi connectivity index (χ1n) is 5.63. The summed E-state index contributed by atoms with van der Waals surface area (Å²) in [5.74, 6) is 0.380. The van der Waals surface area contributed by atoms with Gasteiger partial charge in [-0.3, -0.25) is 0 Å². The van der Waals surface area contributed by atoms with E-state index in [0.29, 0.717) is 0 Å². The Morgan fingerprint density at radius 1 is 1.56 bits per heavy atom. The van der Waals surface area contributed by atoms with E-state index in [1.807, 2.05) is 19.1 Å². The number of nitrogens with zero attached hydrogens (tertiary/aromatic N) is 1. The van der Waals surface area contributed by atoms with Crippen molar-refractivity contribution in [3.05, 3.63) is 35.1 Å². The first-order chi connectivity index (χ1) is 7.70. The van der Waals surface area contributed by atoms with Crippen molar-refractivity contribution in [3.8, 4) is 6.07 Å². The molecular weight excluding hydrogens is 203 g/mol. The van der Waals surface area contributed by atoms with Gasteiger partial charge in [0.1, 0.15) is 11.9 Å². The van der Waals surface area contributed by atoms with Crippen molar-refractivity contribution >= 4 is 0 Å². The largest absolute Gasteiger partial charge is 0.310 e. The molecule has 0 amide bonds. The van der Waals surface area contributed by atoms with Crippen LogP contribution >= 0.6 is 0 Å². The highest BCUT2D eigenvalue weighted by Crippen LogP contribution is 2.28. The lowest BCUT2D eigenvalue weighted by Gasteiger charge is -2.14. The van der Waals surface area contributed by atoms with Crippen LogP contribution in [0.5, 0.6) is 0 Å². The second kappa shape index (κ2) is 4.63. The Morgan fingerprint density at radius 3 is 2.88 bits per heavy atom. The van der Waals surface area contributed by atoms with Crippen LogP contribution in [0.1, 0.15) is 36.9 Å². The van der Waals surface area contributed by atoms with E-state index in [0.717, 1.165) is 18.0 Å². The summed E-state index contributed by atoms with van der Waals surface area (Å²) >= 11 is 0. The smallest absolute Gasteiger partial charge is 0.141 e. The molecule has 3 heteroatoms. The Balaban J connectivity index is 2.01. The van der Waals surface area contributed by atoms with Crippen LogP contribution in [0.3, 0.4) is 0 Å². The monoisotopic (exact) mass is 218 g/mol. The molecule has 0 heterocycles. The molecule has 2 rings (SSSR count). The highest BCUT2D eigenvalue weighted by atomic mass is 19.1. The Morgan fingerprint density at radius 2 is 2.31 bits per heavy atom. The lowest BCUT2D eigenvalue weighted by atomic mass is 10.1. The zero-order chi connectivity index (χ0) is 11.5. The van der Waals surface area contributed by atoms with Crippen LogP contribution in [0.2, 0.25) is 0 Å². The van der Waals surface area contributed by atoms with E-state index in [-0.39, 0.29) is 11.6 Å². The van der Waals surface area contributed by atoms with Gasteiger partial charge in [-0.05, 0) is 49.9 Å². The van der Waals surface area contributed by atoms with E-state index in [1.165, 1.54) is 18.9 Å². The van der Waals surface area contributed by atoms with E-state index >= 15 is 0 Å². The summed E-state index contributed by atoms with van der Waals surface area (Å²) in [5.41, 5.74) is 1.01. The van der Waals surface area contributed by atoms with Gasteiger partial charge in [0.25, 0.3) is 0 Å². The third-order valence-corrected chi connectivity index (χ3v) is 3.02. The average Bonchev–Trinajstić information content (AvgIpc) is 3.09. The number of halogens is 1. The van der Waals surface area contributed by atoms with Gasteiger partial charge in [-0.1, -0.05) is 6.07 Å². The number of hydrogen-bond acceptors (Lipinski definition) is 2. The van der Waals surface area contributed by atoms with Gasteiger partial charge >= 0.3 is 0 Å². The molecule has 1 aliphatic carbocycles. The maximum atomic E-state index is 13.4. The first kappa shape index (κ1) is 11.1. The molecule has 1 saturated carbocycles. The van der Waals surface area contributed by atoms with Crippen LogP contribution in [0, 0.1) is 23.1 Å². The molecule has 2 nitrogen and oxygen atoms in total. The second-order valence-electron chi connectivity index (χ2n) is 4.42. The summed E-state index contributed by atoms with van der Waals surface area (Å²) < 4.78 is 13.4. The van der Waals surface area contributed by atoms with Gasteiger partial charge < -0.3 is 5.32 Å². The Kier molecular flexibility index (Phi) is 3.21. The van der Waals surface area contributed by atoms with Crippen LogP contribution in [0.15, 0.2) is 18.2 Å². The number of rotatable bonds is 4. The summed E-state index contributed by atoms with van der Waals surface area (Å²) in [6.45, 7) is 3.02. The lowest BCUT2D eigenvalue weighted by Crippen LogP contribution is -2.21. The fourth-order valence-electron chi connectivity index (χ4n) is 1.67. The van der Waals surface area contributed by atoms with Gasteiger partial charge in [0.05, 0.1) is 5.56 Å². The second-order valence-corrected chi connectivity index (χ2v) is 4.42. The van der Waals surface area contributed by atoms with Crippen molar-refractivity contribution in [2.45, 2.75) is 25.8 Å². The first-order valence-corrected chi connectivity index (χ1v) is 5.63. The topological polar surface area (TPSA) is 35.8 Å². The molecule has 1 atom stereocenters. The standard InChI is InChI=1S/C13H15FN2/c1-9(16-8-10-2-3-10)11-4-5-12(7-15)13(14)6-11/h4-6,9-10,16H,2-3,8H2,1H3. The third-order valence-electron chi connectivity index (χ3n) is 3.02. The molecule has 16 heavy (non-hydrogen) atoms. The van der Waals surface area contributed by atoms with E-state index in [4.69, 9.17) is 5.26 Å². The molecule has 1 aliphatic rings. The minimum atomic E-state index is -0.430. The highest BCUT2D eigenvalue weighted by Gasteiger charge is 2.21. The molecule has 1 N–H and O–H groups in total. The minimum Gasteiger partial charge on any atom is -0.310 e. The van der Waals surface area contributed by atoms with Crippen LogP contribution in [0.4, 0.5) is 4.39 Å². The summed E-state index contributed by atoms with van der Waals surface area (Å²) in [7, 11) is 0. The van der Waals surface area contributed by atoms with Crippen LogP contribution in [0.25, 0.3) is 0 Å². The fraction of sp³-hybridized carbons (Fsp3) is 0.462. The normalized spacial score (nSPS) is 16.8. The predicted molar refractivity (Wildman–Crippen MR) is 60.3 cm³/mol. The quantitative estimate of drug-likeness (QED) is 0.843. The number of hydrogen-bond donors (Lipinski definition) is 1. The minimum absolute atomic E-state index is 0.109. The van der Waals surface area contributed by atoms with Crippen LogP contribution < -0.4 is 5.32 Å². The van der Waals surface area contributed by atoms with Gasteiger partial charge in [-0.25, -0.2) is 4.39 Å². The number of benzene rings is 1. The molecule has 1 aromatic rings. The van der Waals surface area contributed by atoms with Crippen molar-refractivity contribution in [3.63, 3.8) is 0 Å². The zero-order valence-corrected chi connectivity index (χ0v) is 9.33. The fourth-order valence-corrected chi connectivity index (χ4v) is 1.67. The maximum Gasteiger partial charge on any atom is 0.141 e. The zero-order valence-electron chi connectivity index (χ0n) is 9.33. The molecular formula is C13H15FN2. The molecule has 1 unspecified atom stereocenters. The molecule has 0 bridgehead atoms. The van der Waals surface area contributed by atoms with E-state index in [9.17, 15) is 4.39 Å². The van der Waals surface area contributed by atoms with Crippen molar-refractivity contribution in [2.24, 2.45) is 5.92 Å². The molecule has 1 aromatic carbocycles. The summed E-state index contributed by atoms with van der Waals surface area (Å²) in [6, 6.07) is 6.77. The molecule has 1 fully saturated rings. The van der Waals surface area contributed by atoms with Crippen molar-refractivity contribution in [1.82, 2.24) is 5.32 Å².